The summed E-state index contributed by atoms with van der Waals surface area (Å²) in [7, 11) is 1.66. The van der Waals surface area contributed by atoms with Gasteiger partial charge in [0.2, 0.25) is 0 Å². The first-order valence-electron chi connectivity index (χ1n) is 6.48. The number of hydrogen-bond donors (Lipinski definition) is 1. The van der Waals surface area contributed by atoms with Crippen LogP contribution in [-0.4, -0.2) is 18.2 Å². The van der Waals surface area contributed by atoms with E-state index in [4.69, 9.17) is 9.84 Å². The number of carboxylic acid groups (broad SMARTS) is 1. The van der Waals surface area contributed by atoms with Crippen molar-refractivity contribution in [1.29, 1.82) is 0 Å². The minimum absolute atomic E-state index is 0.167. The Labute approximate surface area is 108 Å². The number of benzene rings is 1. The van der Waals surface area contributed by atoms with Gasteiger partial charge < -0.3 is 9.84 Å². The van der Waals surface area contributed by atoms with Crippen LogP contribution in [-0.2, 0) is 4.79 Å². The van der Waals surface area contributed by atoms with E-state index in [1.165, 1.54) is 5.56 Å². The molecule has 18 heavy (non-hydrogen) atoms. The van der Waals surface area contributed by atoms with Crippen molar-refractivity contribution < 1.29 is 14.6 Å². The summed E-state index contributed by atoms with van der Waals surface area (Å²) in [6, 6.07) is 8.14. The lowest BCUT2D eigenvalue weighted by molar-refractivity contribution is -0.144. The van der Waals surface area contributed by atoms with E-state index in [-0.39, 0.29) is 11.8 Å². The number of hydrogen-bond acceptors (Lipinski definition) is 2. The molecule has 0 saturated heterocycles. The average Bonchev–Trinajstić information content (AvgIpc) is 2.38. The van der Waals surface area contributed by atoms with Gasteiger partial charge in [-0.3, -0.25) is 4.79 Å². The van der Waals surface area contributed by atoms with Crippen LogP contribution in [0.1, 0.15) is 37.7 Å². The Hall–Kier alpha value is -1.51. The number of carbonyl (C=O) groups is 1. The first kappa shape index (κ1) is 12.9. The third-order valence-corrected chi connectivity index (χ3v) is 4.07. The van der Waals surface area contributed by atoms with E-state index < -0.39 is 5.97 Å². The number of aliphatic carboxylic acids is 1. The SMILES string of the molecule is COc1ccc([C@H]2CC[C@@H](C(=O)O)[C@H](C)C2)cc1. The van der Waals surface area contributed by atoms with Crippen molar-refractivity contribution in [1.82, 2.24) is 0 Å². The fourth-order valence-corrected chi connectivity index (χ4v) is 2.94. The maximum absolute atomic E-state index is 11.1. The van der Waals surface area contributed by atoms with Crippen LogP contribution in [0.25, 0.3) is 0 Å². The Morgan fingerprint density at radius 3 is 2.44 bits per heavy atom. The molecule has 0 unspecified atom stereocenters. The zero-order chi connectivity index (χ0) is 13.1. The van der Waals surface area contributed by atoms with Gasteiger partial charge in [0.25, 0.3) is 0 Å². The van der Waals surface area contributed by atoms with Crippen molar-refractivity contribution in [2.75, 3.05) is 7.11 Å². The molecule has 1 fully saturated rings. The molecule has 1 aromatic rings. The Morgan fingerprint density at radius 1 is 1.28 bits per heavy atom. The number of rotatable bonds is 3. The summed E-state index contributed by atoms with van der Waals surface area (Å²) in [5, 5.41) is 9.12. The molecule has 3 heteroatoms. The van der Waals surface area contributed by atoms with Gasteiger partial charge in [-0.25, -0.2) is 0 Å². The highest BCUT2D eigenvalue weighted by Crippen LogP contribution is 2.39. The predicted molar refractivity (Wildman–Crippen MR) is 69.9 cm³/mol. The van der Waals surface area contributed by atoms with E-state index in [0.29, 0.717) is 5.92 Å². The zero-order valence-electron chi connectivity index (χ0n) is 10.9. The van der Waals surface area contributed by atoms with Crippen LogP contribution in [0.15, 0.2) is 24.3 Å². The lowest BCUT2D eigenvalue weighted by atomic mass is 9.73. The molecular formula is C15H20O3. The third kappa shape index (κ3) is 2.66. The second-order valence-electron chi connectivity index (χ2n) is 5.21. The molecule has 1 N–H and O–H groups in total. The Morgan fingerprint density at radius 2 is 1.94 bits per heavy atom. The topological polar surface area (TPSA) is 46.5 Å². The van der Waals surface area contributed by atoms with E-state index in [9.17, 15) is 4.79 Å². The Balaban J connectivity index is 2.05. The molecule has 0 bridgehead atoms. The molecule has 1 aliphatic carbocycles. The van der Waals surface area contributed by atoms with Gasteiger partial charge in [0.05, 0.1) is 13.0 Å². The van der Waals surface area contributed by atoms with Crippen LogP contribution in [0.2, 0.25) is 0 Å². The van der Waals surface area contributed by atoms with Gasteiger partial charge in [0, 0.05) is 0 Å². The first-order valence-corrected chi connectivity index (χ1v) is 6.48. The minimum atomic E-state index is -0.643. The molecule has 0 aromatic heterocycles. The second kappa shape index (κ2) is 5.42. The lowest BCUT2D eigenvalue weighted by Gasteiger charge is -2.32. The summed E-state index contributed by atoms with van der Waals surface area (Å²) < 4.78 is 5.15. The fraction of sp³-hybridized carbons (Fsp3) is 0.533. The fourth-order valence-electron chi connectivity index (χ4n) is 2.94. The van der Waals surface area contributed by atoms with Gasteiger partial charge in [-0.1, -0.05) is 19.1 Å². The van der Waals surface area contributed by atoms with Crippen LogP contribution in [0.5, 0.6) is 5.75 Å². The van der Waals surface area contributed by atoms with E-state index in [1.54, 1.807) is 7.11 Å². The molecule has 0 amide bonds. The van der Waals surface area contributed by atoms with Gasteiger partial charge in [-0.2, -0.15) is 0 Å². The van der Waals surface area contributed by atoms with E-state index in [1.807, 2.05) is 12.1 Å². The van der Waals surface area contributed by atoms with Crippen LogP contribution in [0, 0.1) is 11.8 Å². The highest BCUT2D eigenvalue weighted by atomic mass is 16.5. The summed E-state index contributed by atoms with van der Waals surface area (Å²) in [6.07, 6.45) is 2.71. The molecular weight excluding hydrogens is 228 g/mol. The Bertz CT molecular complexity index is 410. The molecule has 0 radical (unpaired) electrons. The van der Waals surface area contributed by atoms with Gasteiger partial charge >= 0.3 is 5.97 Å². The van der Waals surface area contributed by atoms with E-state index in [0.717, 1.165) is 25.0 Å². The van der Waals surface area contributed by atoms with Crippen molar-refractivity contribution >= 4 is 5.97 Å². The summed E-state index contributed by atoms with van der Waals surface area (Å²) in [5.41, 5.74) is 1.30. The van der Waals surface area contributed by atoms with E-state index in [2.05, 4.69) is 19.1 Å². The summed E-state index contributed by atoms with van der Waals surface area (Å²) >= 11 is 0. The molecule has 2 rings (SSSR count). The molecule has 1 saturated carbocycles. The van der Waals surface area contributed by atoms with Gasteiger partial charge in [-0.05, 0) is 48.8 Å². The predicted octanol–water partition coefficient (Wildman–Crippen LogP) is 3.30. The number of carboxylic acids is 1. The van der Waals surface area contributed by atoms with Crippen LogP contribution in [0.3, 0.4) is 0 Å². The third-order valence-electron chi connectivity index (χ3n) is 4.07. The van der Waals surface area contributed by atoms with Crippen LogP contribution in [0.4, 0.5) is 0 Å². The van der Waals surface area contributed by atoms with Crippen molar-refractivity contribution in [2.24, 2.45) is 11.8 Å². The molecule has 1 aliphatic rings. The zero-order valence-corrected chi connectivity index (χ0v) is 10.9. The highest BCUT2D eigenvalue weighted by molar-refractivity contribution is 5.70. The normalized spacial score (nSPS) is 27.8. The molecule has 3 nitrogen and oxygen atoms in total. The lowest BCUT2D eigenvalue weighted by Crippen LogP contribution is -2.28. The number of ether oxygens (including phenoxy) is 1. The summed E-state index contributed by atoms with van der Waals surface area (Å²) in [5.74, 6) is 0.797. The maximum Gasteiger partial charge on any atom is 0.306 e. The van der Waals surface area contributed by atoms with Crippen LogP contribution >= 0.6 is 0 Å². The average molecular weight is 248 g/mol. The molecule has 0 spiro atoms. The van der Waals surface area contributed by atoms with E-state index >= 15 is 0 Å². The maximum atomic E-state index is 11.1. The quantitative estimate of drug-likeness (QED) is 0.892. The van der Waals surface area contributed by atoms with Gasteiger partial charge in [0.15, 0.2) is 0 Å². The molecule has 98 valence electrons. The first-order chi connectivity index (χ1) is 8.61. The summed E-state index contributed by atoms with van der Waals surface area (Å²) in [6.45, 7) is 2.05. The molecule has 1 aromatic carbocycles. The second-order valence-corrected chi connectivity index (χ2v) is 5.21. The smallest absolute Gasteiger partial charge is 0.306 e. The molecule has 3 atom stereocenters. The van der Waals surface area contributed by atoms with Crippen molar-refractivity contribution in [3.8, 4) is 5.75 Å². The number of methoxy groups -OCH3 is 1. The monoisotopic (exact) mass is 248 g/mol. The van der Waals surface area contributed by atoms with Gasteiger partial charge in [-0.15, -0.1) is 0 Å². The standard InChI is InChI=1S/C15H20O3/c1-10-9-12(5-8-14(10)15(16)17)11-3-6-13(18-2)7-4-11/h3-4,6-7,10,12,14H,5,8-9H2,1-2H3,(H,16,17)/t10-,12+,14-/m1/s1. The molecule has 0 heterocycles. The van der Waals surface area contributed by atoms with Crippen molar-refractivity contribution in [2.45, 2.75) is 32.1 Å². The minimum Gasteiger partial charge on any atom is -0.497 e. The van der Waals surface area contributed by atoms with Crippen molar-refractivity contribution in [3.05, 3.63) is 29.8 Å². The largest absolute Gasteiger partial charge is 0.497 e. The highest BCUT2D eigenvalue weighted by Gasteiger charge is 2.32. The molecule has 0 aliphatic heterocycles. The Kier molecular flexibility index (Phi) is 3.90. The van der Waals surface area contributed by atoms with Crippen molar-refractivity contribution in [3.63, 3.8) is 0 Å². The summed E-state index contributed by atoms with van der Waals surface area (Å²) in [4.78, 5) is 11.1. The van der Waals surface area contributed by atoms with Gasteiger partial charge in [0.1, 0.15) is 5.75 Å². The van der Waals surface area contributed by atoms with Crippen LogP contribution < -0.4 is 4.74 Å².